The molecule has 4 aromatic rings. The molecule has 33 heavy (non-hydrogen) atoms. The summed E-state index contributed by atoms with van der Waals surface area (Å²) in [6.45, 7) is 2.55. The van der Waals surface area contributed by atoms with Gasteiger partial charge in [0.25, 0.3) is 0 Å². The van der Waals surface area contributed by atoms with E-state index in [9.17, 15) is 4.79 Å². The lowest BCUT2D eigenvalue weighted by atomic mass is 9.76. The molecule has 0 spiro atoms. The molecular weight excluding hydrogens is 404 g/mol. The molecule has 3 heteroatoms. The topological polar surface area (TPSA) is 41.1 Å². The number of rotatable bonds is 9. The molecule has 0 fully saturated rings. The van der Waals surface area contributed by atoms with Gasteiger partial charge in [-0.1, -0.05) is 128 Å². The van der Waals surface area contributed by atoms with Gasteiger partial charge >= 0.3 is 0 Å². The molecule has 4 aromatic carbocycles. The average molecular weight is 435 g/mol. The van der Waals surface area contributed by atoms with Crippen molar-refractivity contribution in [2.24, 2.45) is 0 Å². The minimum Gasteiger partial charge on any atom is -0.351 e. The first kappa shape index (κ1) is 22.5. The Bertz CT molecular complexity index is 1030. The zero-order chi connectivity index (χ0) is 22.9. The first-order valence-electron chi connectivity index (χ1n) is 11.5. The van der Waals surface area contributed by atoms with Gasteiger partial charge in [0.2, 0.25) is 5.91 Å². The fourth-order valence-electron chi connectivity index (χ4n) is 4.34. The molecule has 0 radical (unpaired) electrons. The normalized spacial score (nSPS) is 12.2. The number of benzene rings is 4. The minimum atomic E-state index is -0.672. The number of hydrogen-bond donors (Lipinski definition) is 2. The minimum absolute atomic E-state index is 0.00600. The van der Waals surface area contributed by atoms with Crippen LogP contribution in [0.1, 0.15) is 35.6 Å². The van der Waals surface area contributed by atoms with Crippen molar-refractivity contribution in [2.75, 3.05) is 0 Å². The third-order valence-electron chi connectivity index (χ3n) is 6.05. The van der Waals surface area contributed by atoms with E-state index in [1.165, 1.54) is 0 Å². The second kappa shape index (κ2) is 10.8. The van der Waals surface area contributed by atoms with Crippen molar-refractivity contribution in [2.45, 2.75) is 31.5 Å². The fraction of sp³-hybridized carbons (Fsp3) is 0.167. The van der Waals surface area contributed by atoms with Gasteiger partial charge in [0, 0.05) is 6.54 Å². The van der Waals surface area contributed by atoms with Crippen LogP contribution in [0.15, 0.2) is 121 Å². The highest BCUT2D eigenvalue weighted by atomic mass is 16.2. The molecule has 0 unspecified atom stereocenters. The number of nitrogens with one attached hydrogen (secondary N) is 2. The molecule has 3 nitrogen and oxygen atoms in total. The lowest BCUT2D eigenvalue weighted by Crippen LogP contribution is -2.54. The van der Waals surface area contributed by atoms with Gasteiger partial charge in [-0.2, -0.15) is 0 Å². The molecule has 166 valence electrons. The average Bonchev–Trinajstić information content (AvgIpc) is 2.90. The summed E-state index contributed by atoms with van der Waals surface area (Å²) < 4.78 is 0. The van der Waals surface area contributed by atoms with Crippen molar-refractivity contribution in [3.05, 3.63) is 144 Å². The van der Waals surface area contributed by atoms with Crippen molar-refractivity contribution in [3.63, 3.8) is 0 Å². The summed E-state index contributed by atoms with van der Waals surface area (Å²) in [5, 5.41) is 6.92. The predicted octanol–water partition coefficient (Wildman–Crippen LogP) is 5.66. The molecule has 0 aliphatic heterocycles. The van der Waals surface area contributed by atoms with Crippen LogP contribution in [0.2, 0.25) is 0 Å². The molecule has 0 bridgehead atoms. The molecule has 0 saturated carbocycles. The Labute approximate surface area is 196 Å². The highest BCUT2D eigenvalue weighted by Crippen LogP contribution is 2.37. The van der Waals surface area contributed by atoms with E-state index in [1.807, 2.05) is 91.9 Å². The maximum absolute atomic E-state index is 13.3. The number of hydrogen-bond acceptors (Lipinski definition) is 2. The summed E-state index contributed by atoms with van der Waals surface area (Å²) in [5.41, 5.74) is 3.69. The summed E-state index contributed by atoms with van der Waals surface area (Å²) in [6, 6.07) is 40.8. The van der Waals surface area contributed by atoms with Crippen LogP contribution in [0.3, 0.4) is 0 Å². The van der Waals surface area contributed by atoms with Crippen molar-refractivity contribution in [1.29, 1.82) is 0 Å². The van der Waals surface area contributed by atoms with Crippen molar-refractivity contribution < 1.29 is 4.79 Å². The van der Waals surface area contributed by atoms with E-state index in [-0.39, 0.29) is 11.9 Å². The predicted molar refractivity (Wildman–Crippen MR) is 135 cm³/mol. The van der Waals surface area contributed by atoms with Crippen LogP contribution in [0.4, 0.5) is 0 Å². The molecule has 0 saturated heterocycles. The van der Waals surface area contributed by atoms with E-state index < -0.39 is 5.54 Å². The Morgan fingerprint density at radius 1 is 0.667 bits per heavy atom. The van der Waals surface area contributed by atoms with E-state index in [2.05, 4.69) is 47.0 Å². The van der Waals surface area contributed by atoms with Gasteiger partial charge in [-0.25, -0.2) is 0 Å². The van der Waals surface area contributed by atoms with Gasteiger partial charge in [-0.05, 0) is 28.7 Å². The first-order valence-corrected chi connectivity index (χ1v) is 11.5. The van der Waals surface area contributed by atoms with Gasteiger partial charge in [0.15, 0.2) is 0 Å². The van der Waals surface area contributed by atoms with Crippen LogP contribution in [0.25, 0.3) is 0 Å². The Morgan fingerprint density at radius 2 is 1.06 bits per heavy atom. The van der Waals surface area contributed by atoms with Crippen LogP contribution < -0.4 is 10.6 Å². The van der Waals surface area contributed by atoms with Crippen LogP contribution in [0.5, 0.6) is 0 Å². The van der Waals surface area contributed by atoms with E-state index in [0.717, 1.165) is 22.3 Å². The molecule has 0 heterocycles. The molecule has 1 atom stereocenters. The Morgan fingerprint density at radius 3 is 1.45 bits per heavy atom. The SMILES string of the molecule is CC[C@@H](NC(c1ccccc1)(c1ccccc1)c1ccccc1)C(=O)NCc1ccccc1. The third-order valence-corrected chi connectivity index (χ3v) is 6.05. The van der Waals surface area contributed by atoms with E-state index >= 15 is 0 Å². The molecule has 1 amide bonds. The molecule has 2 N–H and O–H groups in total. The lowest BCUT2D eigenvalue weighted by molar-refractivity contribution is -0.123. The Kier molecular flexibility index (Phi) is 7.33. The monoisotopic (exact) mass is 434 g/mol. The molecule has 0 aliphatic carbocycles. The zero-order valence-electron chi connectivity index (χ0n) is 18.9. The number of carbonyl (C=O) groups excluding carboxylic acids is 1. The maximum Gasteiger partial charge on any atom is 0.237 e. The third kappa shape index (κ3) is 5.05. The summed E-state index contributed by atoms with van der Waals surface area (Å²) in [5.74, 6) is -0.00600. The van der Waals surface area contributed by atoms with E-state index in [1.54, 1.807) is 0 Å². The second-order valence-electron chi connectivity index (χ2n) is 8.16. The molecule has 0 aromatic heterocycles. The largest absolute Gasteiger partial charge is 0.351 e. The quantitative estimate of drug-likeness (QED) is 0.334. The lowest BCUT2D eigenvalue weighted by Gasteiger charge is -2.39. The first-order chi connectivity index (χ1) is 16.2. The smallest absolute Gasteiger partial charge is 0.237 e. The number of amides is 1. The fourth-order valence-corrected chi connectivity index (χ4v) is 4.34. The van der Waals surface area contributed by atoms with Crippen molar-refractivity contribution in [3.8, 4) is 0 Å². The van der Waals surface area contributed by atoms with Crippen molar-refractivity contribution >= 4 is 5.91 Å². The van der Waals surface area contributed by atoms with Crippen molar-refractivity contribution in [1.82, 2.24) is 10.6 Å². The summed E-state index contributed by atoms with van der Waals surface area (Å²) in [4.78, 5) is 13.3. The van der Waals surface area contributed by atoms with Gasteiger partial charge in [0.05, 0.1) is 11.6 Å². The van der Waals surface area contributed by atoms with Crippen LogP contribution >= 0.6 is 0 Å². The summed E-state index contributed by atoms with van der Waals surface area (Å²) in [7, 11) is 0. The van der Waals surface area contributed by atoms with E-state index in [4.69, 9.17) is 0 Å². The van der Waals surface area contributed by atoms with Gasteiger partial charge in [-0.3, -0.25) is 10.1 Å². The second-order valence-corrected chi connectivity index (χ2v) is 8.16. The maximum atomic E-state index is 13.3. The zero-order valence-corrected chi connectivity index (χ0v) is 18.9. The molecular formula is C30H30N2O. The molecule has 4 rings (SSSR count). The highest BCUT2D eigenvalue weighted by molar-refractivity contribution is 5.82. The van der Waals surface area contributed by atoms with E-state index in [0.29, 0.717) is 13.0 Å². The molecule has 0 aliphatic rings. The summed E-state index contributed by atoms with van der Waals surface area (Å²) in [6.07, 6.45) is 0.662. The van der Waals surface area contributed by atoms with Crippen LogP contribution in [0, 0.1) is 0 Å². The standard InChI is InChI=1S/C30H30N2O/c1-2-28(29(33)31-23-24-15-7-3-8-16-24)32-30(25-17-9-4-10-18-25,26-19-11-5-12-20-26)27-21-13-6-14-22-27/h3-22,28,32H,2,23H2,1H3,(H,31,33)/t28-/m1/s1. The Balaban J connectivity index is 1.75. The highest BCUT2D eigenvalue weighted by Gasteiger charge is 2.39. The Hall–Kier alpha value is -3.69. The van der Waals surface area contributed by atoms with Gasteiger partial charge in [0.1, 0.15) is 0 Å². The number of carbonyl (C=O) groups is 1. The van der Waals surface area contributed by atoms with Crippen LogP contribution in [-0.2, 0) is 16.9 Å². The van der Waals surface area contributed by atoms with Gasteiger partial charge < -0.3 is 5.32 Å². The van der Waals surface area contributed by atoms with Gasteiger partial charge in [-0.15, -0.1) is 0 Å². The summed E-state index contributed by atoms with van der Waals surface area (Å²) >= 11 is 0. The van der Waals surface area contributed by atoms with Crippen LogP contribution in [-0.4, -0.2) is 11.9 Å².